The summed E-state index contributed by atoms with van der Waals surface area (Å²) in [6, 6.07) is 12.3. The second-order valence-electron chi connectivity index (χ2n) is 5.19. The second-order valence-corrected chi connectivity index (χ2v) is 5.19. The van der Waals surface area contributed by atoms with E-state index in [2.05, 4.69) is 38.1 Å². The van der Waals surface area contributed by atoms with Gasteiger partial charge in [-0.1, -0.05) is 31.2 Å². The number of carbonyl (C=O) groups excluding carboxylic acids is 1. The molecule has 0 unspecified atom stereocenters. The van der Waals surface area contributed by atoms with E-state index in [4.69, 9.17) is 4.74 Å². The van der Waals surface area contributed by atoms with E-state index in [9.17, 15) is 4.79 Å². The van der Waals surface area contributed by atoms with Crippen LogP contribution in [0.4, 0.5) is 0 Å². The van der Waals surface area contributed by atoms with Gasteiger partial charge in [-0.25, -0.2) is 0 Å². The van der Waals surface area contributed by atoms with Crippen molar-refractivity contribution in [3.8, 4) is 16.9 Å². The summed E-state index contributed by atoms with van der Waals surface area (Å²) in [5, 5.41) is 0. The molecular weight excluding hydrogens is 248 g/mol. The molecule has 0 fully saturated rings. The molecule has 0 aliphatic rings. The Bertz CT molecular complexity index is 609. The van der Waals surface area contributed by atoms with Crippen LogP contribution in [-0.2, 0) is 4.79 Å². The summed E-state index contributed by atoms with van der Waals surface area (Å²) in [5.74, 6) is 0.655. The first kappa shape index (κ1) is 14.3. The summed E-state index contributed by atoms with van der Waals surface area (Å²) in [5.41, 5.74) is 5.75. The van der Waals surface area contributed by atoms with Crippen molar-refractivity contribution in [3.05, 3.63) is 53.1 Å². The average Bonchev–Trinajstić information content (AvgIpc) is 2.45. The fraction of sp³-hybridized carbons (Fsp3) is 0.278. The lowest BCUT2D eigenvalue weighted by molar-refractivity contribution is -0.108. The predicted octanol–water partition coefficient (Wildman–Crippen LogP) is 4.28. The van der Waals surface area contributed by atoms with Gasteiger partial charge in [0, 0.05) is 5.92 Å². The topological polar surface area (TPSA) is 26.3 Å². The molecule has 0 saturated carbocycles. The van der Waals surface area contributed by atoms with E-state index in [0.29, 0.717) is 0 Å². The Labute approximate surface area is 120 Å². The minimum absolute atomic E-state index is 0.131. The maximum Gasteiger partial charge on any atom is 0.127 e. The summed E-state index contributed by atoms with van der Waals surface area (Å²) < 4.78 is 5.38. The molecule has 0 heterocycles. The molecule has 1 atom stereocenters. The van der Waals surface area contributed by atoms with Crippen molar-refractivity contribution in [3.63, 3.8) is 0 Å². The molecule has 104 valence electrons. The van der Waals surface area contributed by atoms with Gasteiger partial charge >= 0.3 is 0 Å². The Kier molecular flexibility index (Phi) is 4.23. The molecule has 2 aromatic carbocycles. The van der Waals surface area contributed by atoms with E-state index in [-0.39, 0.29) is 5.92 Å². The molecule has 2 heteroatoms. The van der Waals surface area contributed by atoms with Crippen LogP contribution >= 0.6 is 0 Å². The average molecular weight is 268 g/mol. The van der Waals surface area contributed by atoms with Crippen LogP contribution in [0.5, 0.6) is 5.75 Å². The Morgan fingerprint density at radius 2 is 1.75 bits per heavy atom. The molecular formula is C18H20O2. The molecule has 0 radical (unpaired) electrons. The fourth-order valence-electron chi connectivity index (χ4n) is 2.50. The highest BCUT2D eigenvalue weighted by molar-refractivity contribution is 5.74. The summed E-state index contributed by atoms with van der Waals surface area (Å²) >= 11 is 0. The highest BCUT2D eigenvalue weighted by Crippen LogP contribution is 2.32. The third-order valence-electron chi connectivity index (χ3n) is 3.66. The minimum Gasteiger partial charge on any atom is -0.497 e. The zero-order chi connectivity index (χ0) is 14.7. The van der Waals surface area contributed by atoms with Gasteiger partial charge in [-0.2, -0.15) is 0 Å². The Balaban J connectivity index is 2.64. The largest absolute Gasteiger partial charge is 0.497 e. The number of hydrogen-bond acceptors (Lipinski definition) is 2. The maximum absolute atomic E-state index is 11.0. The quantitative estimate of drug-likeness (QED) is 0.774. The van der Waals surface area contributed by atoms with Gasteiger partial charge in [-0.15, -0.1) is 0 Å². The van der Waals surface area contributed by atoms with Crippen LogP contribution in [0.15, 0.2) is 36.4 Å². The molecule has 0 saturated heterocycles. The van der Waals surface area contributed by atoms with Crippen molar-refractivity contribution < 1.29 is 9.53 Å². The number of methoxy groups -OCH3 is 1. The van der Waals surface area contributed by atoms with Crippen molar-refractivity contribution in [2.75, 3.05) is 7.11 Å². The number of ether oxygens (including phenoxy) is 1. The standard InChI is InChI=1S/C18H20O2/c1-12-6-5-7-13(2)18(12)16-8-15(14(3)11-19)9-17(10-16)20-4/h5-11,14H,1-4H3/t14-/m0/s1. The van der Waals surface area contributed by atoms with Crippen molar-refractivity contribution in [2.24, 2.45) is 0 Å². The van der Waals surface area contributed by atoms with Gasteiger partial charge < -0.3 is 9.53 Å². The lowest BCUT2D eigenvalue weighted by Gasteiger charge is -2.14. The van der Waals surface area contributed by atoms with Gasteiger partial charge in [0.25, 0.3) is 0 Å². The number of rotatable bonds is 4. The summed E-state index contributed by atoms with van der Waals surface area (Å²) in [6.07, 6.45) is 0.962. The van der Waals surface area contributed by atoms with E-state index in [0.717, 1.165) is 23.2 Å². The normalized spacial score (nSPS) is 12.0. The Morgan fingerprint density at radius 3 is 2.30 bits per heavy atom. The molecule has 0 aromatic heterocycles. The zero-order valence-electron chi connectivity index (χ0n) is 12.4. The lowest BCUT2D eigenvalue weighted by atomic mass is 9.92. The van der Waals surface area contributed by atoms with E-state index in [1.807, 2.05) is 19.1 Å². The Morgan fingerprint density at radius 1 is 1.10 bits per heavy atom. The third-order valence-corrected chi connectivity index (χ3v) is 3.66. The van der Waals surface area contributed by atoms with Crippen LogP contribution < -0.4 is 4.74 Å². The van der Waals surface area contributed by atoms with E-state index in [1.54, 1.807) is 7.11 Å². The van der Waals surface area contributed by atoms with Gasteiger partial charge in [0.05, 0.1) is 7.11 Å². The third kappa shape index (κ3) is 2.74. The molecule has 2 rings (SSSR count). The summed E-state index contributed by atoms with van der Waals surface area (Å²) in [7, 11) is 1.65. The molecule has 0 N–H and O–H groups in total. The number of aldehydes is 1. The van der Waals surface area contributed by atoms with E-state index in [1.165, 1.54) is 16.7 Å². The van der Waals surface area contributed by atoms with Crippen molar-refractivity contribution in [1.82, 2.24) is 0 Å². The van der Waals surface area contributed by atoms with Gasteiger partial charge in [-0.05, 0) is 53.8 Å². The van der Waals surface area contributed by atoms with Gasteiger partial charge in [-0.3, -0.25) is 0 Å². The van der Waals surface area contributed by atoms with Crippen LogP contribution in [0.25, 0.3) is 11.1 Å². The predicted molar refractivity (Wildman–Crippen MR) is 82.4 cm³/mol. The number of carbonyl (C=O) groups is 1. The molecule has 0 bridgehead atoms. The maximum atomic E-state index is 11.0. The lowest BCUT2D eigenvalue weighted by Crippen LogP contribution is -1.97. The highest BCUT2D eigenvalue weighted by atomic mass is 16.5. The molecule has 2 aromatic rings. The van der Waals surface area contributed by atoms with Crippen LogP contribution in [0.2, 0.25) is 0 Å². The molecule has 0 aliphatic carbocycles. The molecule has 0 amide bonds. The number of hydrogen-bond donors (Lipinski definition) is 0. The number of aryl methyl sites for hydroxylation is 2. The smallest absolute Gasteiger partial charge is 0.127 e. The summed E-state index contributed by atoms with van der Waals surface area (Å²) in [6.45, 7) is 6.10. The molecule has 20 heavy (non-hydrogen) atoms. The first-order valence-electron chi connectivity index (χ1n) is 6.77. The van der Waals surface area contributed by atoms with Gasteiger partial charge in [0.2, 0.25) is 0 Å². The summed E-state index contributed by atoms with van der Waals surface area (Å²) in [4.78, 5) is 11.0. The molecule has 0 aliphatic heterocycles. The Hall–Kier alpha value is -2.09. The van der Waals surface area contributed by atoms with E-state index >= 15 is 0 Å². The molecule has 0 spiro atoms. The minimum atomic E-state index is -0.131. The van der Waals surface area contributed by atoms with Crippen LogP contribution in [-0.4, -0.2) is 13.4 Å². The van der Waals surface area contributed by atoms with Gasteiger partial charge in [0.15, 0.2) is 0 Å². The second kappa shape index (κ2) is 5.91. The van der Waals surface area contributed by atoms with Crippen molar-refractivity contribution in [1.29, 1.82) is 0 Å². The van der Waals surface area contributed by atoms with E-state index < -0.39 is 0 Å². The van der Waals surface area contributed by atoms with Crippen LogP contribution in [0.1, 0.15) is 29.5 Å². The van der Waals surface area contributed by atoms with Crippen molar-refractivity contribution in [2.45, 2.75) is 26.7 Å². The fourth-order valence-corrected chi connectivity index (χ4v) is 2.50. The monoisotopic (exact) mass is 268 g/mol. The van der Waals surface area contributed by atoms with Gasteiger partial charge in [0.1, 0.15) is 12.0 Å². The first-order valence-corrected chi connectivity index (χ1v) is 6.77. The highest BCUT2D eigenvalue weighted by Gasteiger charge is 2.11. The van der Waals surface area contributed by atoms with Crippen LogP contribution in [0.3, 0.4) is 0 Å². The first-order chi connectivity index (χ1) is 9.56. The molecule has 2 nitrogen and oxygen atoms in total. The zero-order valence-corrected chi connectivity index (χ0v) is 12.4. The SMILES string of the molecule is COc1cc(-c2c(C)cccc2C)cc([C@@H](C)C=O)c1. The van der Waals surface area contributed by atoms with Crippen molar-refractivity contribution >= 4 is 6.29 Å². The number of benzene rings is 2. The van der Waals surface area contributed by atoms with Crippen LogP contribution in [0, 0.1) is 13.8 Å².